The van der Waals surface area contributed by atoms with E-state index in [1.54, 1.807) is 6.20 Å². The van der Waals surface area contributed by atoms with E-state index in [1.165, 1.54) is 6.33 Å². The van der Waals surface area contributed by atoms with E-state index in [0.717, 1.165) is 60.3 Å². The molecule has 1 amide bonds. The minimum absolute atomic E-state index is 0.125. The Morgan fingerprint density at radius 1 is 0.672 bits per heavy atom. The van der Waals surface area contributed by atoms with Gasteiger partial charge in [-0.05, 0) is 52.7 Å². The van der Waals surface area contributed by atoms with Crippen LogP contribution in [0.1, 0.15) is 53.0 Å². The number of nitrogens with two attached hydrogens (primary N) is 2. The molecule has 0 spiro atoms. The number of anilines is 1. The molecule has 5 rings (SSSR count). The first-order valence-corrected chi connectivity index (χ1v) is 22.7. The molecule has 1 saturated heterocycles. The average molecular weight is 906 g/mol. The summed E-state index contributed by atoms with van der Waals surface area (Å²) in [5.74, 6) is 0.536. The van der Waals surface area contributed by atoms with Crippen LogP contribution in [-0.4, -0.2) is 192 Å². The number of amides is 1. The summed E-state index contributed by atoms with van der Waals surface area (Å²) >= 11 is 0. The molecule has 0 aliphatic carbocycles. The molecule has 20 nitrogen and oxygen atoms in total. The summed E-state index contributed by atoms with van der Waals surface area (Å²) in [5.41, 5.74) is 14.6. The van der Waals surface area contributed by atoms with Crippen molar-refractivity contribution in [2.24, 2.45) is 5.73 Å². The number of pyridine rings is 1. The van der Waals surface area contributed by atoms with Gasteiger partial charge in [0.25, 0.3) is 0 Å². The molecule has 0 saturated carbocycles. The molecule has 20 heteroatoms. The lowest BCUT2D eigenvalue weighted by atomic mass is 10.0. The number of H-pyrrole nitrogens is 1. The van der Waals surface area contributed by atoms with Gasteiger partial charge in [-0.3, -0.25) is 4.79 Å². The highest BCUT2D eigenvalue weighted by Gasteiger charge is 2.28. The molecule has 0 bridgehead atoms. The van der Waals surface area contributed by atoms with Gasteiger partial charge in [0.05, 0.1) is 124 Å². The quantitative estimate of drug-likeness (QED) is 0.0593. The van der Waals surface area contributed by atoms with Gasteiger partial charge in [0.2, 0.25) is 5.91 Å². The molecule has 1 aliphatic rings. The highest BCUT2D eigenvalue weighted by Crippen LogP contribution is 2.34. The maximum absolute atomic E-state index is 12.4. The second kappa shape index (κ2) is 35.3. The normalized spacial score (nSPS) is 13.0. The summed E-state index contributed by atoms with van der Waals surface area (Å²) in [6.07, 6.45) is 7.15. The zero-order chi connectivity index (χ0) is 45.9. The summed E-state index contributed by atoms with van der Waals surface area (Å²) < 4.78 is 54.2. The SMILES string of the molecule is CCOCCC(=O)N1CCC(n2nc(-c3cnc4[nH]ccc4c3)c3c(N)ncnc32)CC1.CCOCCOCCOCCOCCN.CCOCCOCCOCCOCCOCC. The number of likely N-dealkylation sites (tertiary alicyclic amines) is 1. The maximum atomic E-state index is 12.4. The number of rotatable bonds is 32. The van der Waals surface area contributed by atoms with Crippen molar-refractivity contribution in [3.63, 3.8) is 0 Å². The van der Waals surface area contributed by atoms with E-state index in [0.29, 0.717) is 150 Å². The Morgan fingerprint density at radius 2 is 1.16 bits per heavy atom. The van der Waals surface area contributed by atoms with E-state index in [2.05, 4.69) is 19.9 Å². The molecule has 5 N–H and O–H groups in total. The first-order valence-electron chi connectivity index (χ1n) is 22.7. The molecule has 64 heavy (non-hydrogen) atoms. The van der Waals surface area contributed by atoms with E-state index in [4.69, 9.17) is 63.9 Å². The number of nitrogen functional groups attached to an aromatic ring is 1. The monoisotopic (exact) mass is 906 g/mol. The average Bonchev–Trinajstić information content (AvgIpc) is 3.96. The van der Waals surface area contributed by atoms with Gasteiger partial charge in [0, 0.05) is 69.4 Å². The molecular weight excluding hydrogens is 831 g/mol. The van der Waals surface area contributed by atoms with Crippen LogP contribution in [0, 0.1) is 0 Å². The molecule has 0 aromatic carbocycles. The van der Waals surface area contributed by atoms with Crippen molar-refractivity contribution in [1.82, 2.24) is 34.6 Å². The molecule has 4 aromatic heterocycles. The maximum Gasteiger partial charge on any atom is 0.224 e. The Morgan fingerprint density at radius 3 is 1.66 bits per heavy atom. The first-order chi connectivity index (χ1) is 31.5. The van der Waals surface area contributed by atoms with E-state index in [9.17, 15) is 4.79 Å². The van der Waals surface area contributed by atoms with Crippen molar-refractivity contribution in [3.05, 3.63) is 30.9 Å². The summed E-state index contributed by atoms with van der Waals surface area (Å²) in [5, 5.41) is 6.66. The van der Waals surface area contributed by atoms with Gasteiger partial charge in [-0.25, -0.2) is 19.6 Å². The fraction of sp³-hybridized carbons (Fsp3) is 0.705. The molecule has 1 aliphatic heterocycles. The van der Waals surface area contributed by atoms with Crippen LogP contribution < -0.4 is 11.5 Å². The van der Waals surface area contributed by atoms with Gasteiger partial charge < -0.3 is 68.7 Å². The highest BCUT2D eigenvalue weighted by molar-refractivity contribution is 5.99. The third-order valence-corrected chi connectivity index (χ3v) is 9.50. The summed E-state index contributed by atoms with van der Waals surface area (Å²) in [6, 6.07) is 4.14. The van der Waals surface area contributed by atoms with Crippen molar-refractivity contribution in [2.75, 3.05) is 158 Å². The van der Waals surface area contributed by atoms with E-state index in [-0.39, 0.29) is 11.9 Å². The Labute approximate surface area is 378 Å². The van der Waals surface area contributed by atoms with Crippen LogP contribution in [0.25, 0.3) is 33.3 Å². The molecule has 1 fully saturated rings. The van der Waals surface area contributed by atoms with Crippen molar-refractivity contribution in [1.29, 1.82) is 0 Å². The molecule has 362 valence electrons. The number of nitrogens with one attached hydrogen (secondary N) is 1. The number of aromatic amines is 1. The van der Waals surface area contributed by atoms with Crippen LogP contribution in [0.3, 0.4) is 0 Å². The predicted octanol–water partition coefficient (Wildman–Crippen LogP) is 3.68. The summed E-state index contributed by atoms with van der Waals surface area (Å²) in [4.78, 5) is 30.6. The minimum Gasteiger partial charge on any atom is -0.383 e. The lowest BCUT2D eigenvalue weighted by molar-refractivity contribution is -0.133. The number of fused-ring (bicyclic) bond motifs is 2. The smallest absolute Gasteiger partial charge is 0.224 e. The van der Waals surface area contributed by atoms with E-state index < -0.39 is 0 Å². The number of carbonyl (C=O) groups excluding carboxylic acids is 1. The Hall–Kier alpha value is -3.93. The van der Waals surface area contributed by atoms with Crippen LogP contribution in [-0.2, 0) is 52.2 Å². The minimum atomic E-state index is 0.125. The fourth-order valence-electron chi connectivity index (χ4n) is 6.30. The second-order valence-electron chi connectivity index (χ2n) is 14.0. The van der Waals surface area contributed by atoms with Crippen LogP contribution in [0.2, 0.25) is 0 Å². The van der Waals surface area contributed by atoms with Crippen molar-refractivity contribution in [3.8, 4) is 11.3 Å². The number of hydrogen-bond acceptors (Lipinski definition) is 17. The second-order valence-corrected chi connectivity index (χ2v) is 14.0. The van der Waals surface area contributed by atoms with E-state index in [1.807, 2.05) is 55.6 Å². The molecule has 4 aromatic rings. The third kappa shape index (κ3) is 21.4. The Bertz CT molecular complexity index is 1730. The van der Waals surface area contributed by atoms with Crippen molar-refractivity contribution in [2.45, 2.75) is 53.0 Å². The Kier molecular flexibility index (Phi) is 30.0. The number of piperidine rings is 1. The zero-order valence-electron chi connectivity index (χ0n) is 38.7. The van der Waals surface area contributed by atoms with Gasteiger partial charge in [0.15, 0.2) is 5.65 Å². The highest BCUT2D eigenvalue weighted by atomic mass is 16.6. The van der Waals surface area contributed by atoms with Crippen LogP contribution in [0.4, 0.5) is 5.82 Å². The summed E-state index contributed by atoms with van der Waals surface area (Å²) in [6.45, 7) is 22.3. The lowest BCUT2D eigenvalue weighted by Gasteiger charge is -2.32. The number of ether oxygens (including phenoxy) is 10. The van der Waals surface area contributed by atoms with Crippen LogP contribution >= 0.6 is 0 Å². The summed E-state index contributed by atoms with van der Waals surface area (Å²) in [7, 11) is 0. The molecular formula is C44H75N9O11. The lowest BCUT2D eigenvalue weighted by Crippen LogP contribution is -2.39. The number of hydrogen-bond donors (Lipinski definition) is 3. The van der Waals surface area contributed by atoms with Crippen molar-refractivity contribution < 1.29 is 52.2 Å². The van der Waals surface area contributed by atoms with Crippen LogP contribution in [0.15, 0.2) is 30.9 Å². The number of carbonyl (C=O) groups is 1. The number of aromatic nitrogens is 6. The van der Waals surface area contributed by atoms with Crippen LogP contribution in [0.5, 0.6) is 0 Å². The third-order valence-electron chi connectivity index (χ3n) is 9.50. The fourth-order valence-corrected chi connectivity index (χ4v) is 6.30. The topological polar surface area (TPSA) is 237 Å². The van der Waals surface area contributed by atoms with E-state index >= 15 is 0 Å². The van der Waals surface area contributed by atoms with Crippen molar-refractivity contribution >= 4 is 33.8 Å². The van der Waals surface area contributed by atoms with Gasteiger partial charge in [0.1, 0.15) is 23.5 Å². The standard InChI is InChI=1S/C22H26N8O2.C12H26O5.C10H23NO4/c1-2-32-10-6-17(31)29-8-4-16(5-9-29)30-22-18(20(23)26-13-27-22)19(28-30)15-11-14-3-7-24-21(14)25-12-15;1-3-13-5-7-15-9-11-17-12-10-16-8-6-14-4-2;1-2-12-5-6-14-9-10-15-8-7-13-4-3-11/h3,7,11-13,16H,2,4-6,8-10H2,1H3,(H,24,25)(H2,23,26,27);3-12H2,1-2H3;2-11H2,1H3. The number of nitrogens with zero attached hydrogens (tertiary/aromatic N) is 6. The molecule has 0 radical (unpaired) electrons. The van der Waals surface area contributed by atoms with Gasteiger partial charge >= 0.3 is 0 Å². The zero-order valence-corrected chi connectivity index (χ0v) is 38.7. The largest absolute Gasteiger partial charge is 0.383 e. The molecule has 5 heterocycles. The van der Waals surface area contributed by atoms with Gasteiger partial charge in [-0.2, -0.15) is 5.10 Å². The predicted molar refractivity (Wildman–Crippen MR) is 244 cm³/mol. The Balaban J connectivity index is 0.000000289. The molecule has 0 unspecified atom stereocenters. The first kappa shape index (κ1) is 54.4. The van der Waals surface area contributed by atoms with Gasteiger partial charge in [-0.15, -0.1) is 0 Å². The molecule has 0 atom stereocenters. The van der Waals surface area contributed by atoms with Gasteiger partial charge in [-0.1, -0.05) is 0 Å².